The first kappa shape index (κ1) is 10.4. The Morgan fingerprint density at radius 3 is 2.57 bits per heavy atom. The van der Waals surface area contributed by atoms with Gasteiger partial charge in [0.1, 0.15) is 0 Å². The standard InChI is InChI=1S/C12H23NO/c1-9-4-5-11(14-9)8-12(6-7-12)10(2)13-3/h9-11,13H,4-8H2,1-3H3. The van der Waals surface area contributed by atoms with Crippen LogP contribution in [0.25, 0.3) is 0 Å². The summed E-state index contributed by atoms with van der Waals surface area (Å²) < 4.78 is 5.90. The Hall–Kier alpha value is -0.0800. The van der Waals surface area contributed by atoms with Crippen molar-refractivity contribution in [2.45, 2.75) is 64.2 Å². The van der Waals surface area contributed by atoms with Crippen molar-refractivity contribution < 1.29 is 4.74 Å². The lowest BCUT2D eigenvalue weighted by Gasteiger charge is -2.25. The van der Waals surface area contributed by atoms with Crippen LogP contribution >= 0.6 is 0 Å². The van der Waals surface area contributed by atoms with E-state index >= 15 is 0 Å². The van der Waals surface area contributed by atoms with Gasteiger partial charge in [0.2, 0.25) is 0 Å². The van der Waals surface area contributed by atoms with Gasteiger partial charge in [0.25, 0.3) is 0 Å². The van der Waals surface area contributed by atoms with Crippen molar-refractivity contribution in [1.82, 2.24) is 5.32 Å². The third-order valence-electron chi connectivity index (χ3n) is 4.20. The normalized spacial score (nSPS) is 37.1. The minimum absolute atomic E-state index is 0.501. The predicted octanol–water partition coefficient (Wildman–Crippen LogP) is 2.33. The molecule has 1 N–H and O–H groups in total. The summed E-state index contributed by atoms with van der Waals surface area (Å²) in [6, 6.07) is 0.655. The molecule has 1 aliphatic carbocycles. The van der Waals surface area contributed by atoms with Gasteiger partial charge in [-0.2, -0.15) is 0 Å². The highest BCUT2D eigenvalue weighted by Gasteiger charge is 2.48. The van der Waals surface area contributed by atoms with Crippen molar-refractivity contribution >= 4 is 0 Å². The maximum absolute atomic E-state index is 5.90. The molecule has 0 radical (unpaired) electrons. The number of ether oxygens (including phenoxy) is 1. The molecule has 2 nitrogen and oxygen atoms in total. The third kappa shape index (κ3) is 1.96. The Kier molecular flexibility index (Phi) is 2.85. The fourth-order valence-electron chi connectivity index (χ4n) is 2.77. The molecule has 1 heterocycles. The summed E-state index contributed by atoms with van der Waals surface area (Å²) in [5.41, 5.74) is 0.573. The highest BCUT2D eigenvalue weighted by Crippen LogP contribution is 2.53. The summed E-state index contributed by atoms with van der Waals surface area (Å²) in [7, 11) is 2.07. The first-order chi connectivity index (χ1) is 6.66. The quantitative estimate of drug-likeness (QED) is 0.747. The smallest absolute Gasteiger partial charge is 0.0585 e. The van der Waals surface area contributed by atoms with Crippen LogP contribution in [0.1, 0.15) is 46.0 Å². The topological polar surface area (TPSA) is 21.3 Å². The Bertz CT molecular complexity index is 200. The van der Waals surface area contributed by atoms with Gasteiger partial charge in [0.05, 0.1) is 12.2 Å². The van der Waals surface area contributed by atoms with E-state index in [9.17, 15) is 0 Å². The van der Waals surface area contributed by atoms with Crippen LogP contribution in [-0.2, 0) is 4.74 Å². The maximum Gasteiger partial charge on any atom is 0.0585 e. The zero-order valence-corrected chi connectivity index (χ0v) is 9.68. The molecule has 1 saturated carbocycles. The molecule has 1 saturated heterocycles. The fourth-order valence-corrected chi connectivity index (χ4v) is 2.77. The minimum atomic E-state index is 0.501. The first-order valence-electron chi connectivity index (χ1n) is 5.99. The van der Waals surface area contributed by atoms with Crippen molar-refractivity contribution in [3.8, 4) is 0 Å². The lowest BCUT2D eigenvalue weighted by Crippen LogP contribution is -2.34. The zero-order chi connectivity index (χ0) is 10.2. The lowest BCUT2D eigenvalue weighted by atomic mass is 9.90. The molecule has 1 aliphatic heterocycles. The Balaban J connectivity index is 1.85. The van der Waals surface area contributed by atoms with Crippen molar-refractivity contribution in [3.05, 3.63) is 0 Å². The zero-order valence-electron chi connectivity index (χ0n) is 9.68. The highest BCUT2D eigenvalue weighted by atomic mass is 16.5. The van der Waals surface area contributed by atoms with Crippen molar-refractivity contribution in [3.63, 3.8) is 0 Å². The summed E-state index contributed by atoms with van der Waals surface area (Å²) in [4.78, 5) is 0. The molecule has 2 rings (SSSR count). The van der Waals surface area contributed by atoms with Crippen LogP contribution in [0, 0.1) is 5.41 Å². The van der Waals surface area contributed by atoms with Gasteiger partial charge in [0.15, 0.2) is 0 Å². The molecule has 14 heavy (non-hydrogen) atoms. The molecule has 2 fully saturated rings. The van der Waals surface area contributed by atoms with Gasteiger partial charge in [-0.25, -0.2) is 0 Å². The monoisotopic (exact) mass is 197 g/mol. The van der Waals surface area contributed by atoms with Crippen molar-refractivity contribution in [2.75, 3.05) is 7.05 Å². The van der Waals surface area contributed by atoms with Crippen molar-refractivity contribution in [2.24, 2.45) is 5.41 Å². The molecule has 0 aromatic heterocycles. The van der Waals surface area contributed by atoms with Gasteiger partial charge in [0, 0.05) is 6.04 Å². The highest BCUT2D eigenvalue weighted by molar-refractivity contribution is 5.01. The van der Waals surface area contributed by atoms with E-state index in [4.69, 9.17) is 4.74 Å². The fraction of sp³-hybridized carbons (Fsp3) is 1.00. The van der Waals surface area contributed by atoms with E-state index < -0.39 is 0 Å². The molecule has 82 valence electrons. The van der Waals surface area contributed by atoms with Gasteiger partial charge in [-0.15, -0.1) is 0 Å². The van der Waals surface area contributed by atoms with Crippen LogP contribution in [0.2, 0.25) is 0 Å². The number of hydrogen-bond acceptors (Lipinski definition) is 2. The summed E-state index contributed by atoms with van der Waals surface area (Å²) in [5, 5.41) is 3.40. The average Bonchev–Trinajstić information content (AvgIpc) is 2.84. The molecule has 0 aromatic carbocycles. The van der Waals surface area contributed by atoms with Crippen LogP contribution in [0.3, 0.4) is 0 Å². The van der Waals surface area contributed by atoms with E-state index in [-0.39, 0.29) is 0 Å². The second-order valence-electron chi connectivity index (χ2n) is 5.22. The molecule has 0 bridgehead atoms. The molecule has 2 aliphatic rings. The largest absolute Gasteiger partial charge is 0.375 e. The van der Waals surface area contributed by atoms with Crippen LogP contribution < -0.4 is 5.32 Å². The molecule has 0 aromatic rings. The first-order valence-corrected chi connectivity index (χ1v) is 5.99. The summed E-state index contributed by atoms with van der Waals surface area (Å²) in [6.07, 6.45) is 7.64. The Morgan fingerprint density at radius 1 is 1.43 bits per heavy atom. The van der Waals surface area contributed by atoms with Gasteiger partial charge in [-0.05, 0) is 58.4 Å². The molecule has 0 spiro atoms. The third-order valence-corrected chi connectivity index (χ3v) is 4.20. The predicted molar refractivity (Wildman–Crippen MR) is 58.4 cm³/mol. The van der Waals surface area contributed by atoms with Crippen LogP contribution in [0.4, 0.5) is 0 Å². The number of nitrogens with one attached hydrogen (secondary N) is 1. The second-order valence-corrected chi connectivity index (χ2v) is 5.22. The Labute approximate surface area is 87.4 Å². The molecular formula is C12H23NO. The van der Waals surface area contributed by atoms with E-state index in [1.54, 1.807) is 0 Å². The number of hydrogen-bond donors (Lipinski definition) is 1. The summed E-state index contributed by atoms with van der Waals surface area (Å²) >= 11 is 0. The molecular weight excluding hydrogens is 174 g/mol. The van der Waals surface area contributed by atoms with E-state index in [0.29, 0.717) is 23.7 Å². The summed E-state index contributed by atoms with van der Waals surface area (Å²) in [6.45, 7) is 4.51. The van der Waals surface area contributed by atoms with Crippen LogP contribution in [0.15, 0.2) is 0 Å². The lowest BCUT2D eigenvalue weighted by molar-refractivity contribution is 0.0341. The second kappa shape index (κ2) is 3.82. The van der Waals surface area contributed by atoms with Crippen LogP contribution in [-0.4, -0.2) is 25.3 Å². The van der Waals surface area contributed by atoms with Gasteiger partial charge in [-0.1, -0.05) is 0 Å². The average molecular weight is 197 g/mol. The van der Waals surface area contributed by atoms with E-state index in [1.807, 2.05) is 0 Å². The maximum atomic E-state index is 5.90. The molecule has 0 amide bonds. The summed E-state index contributed by atoms with van der Waals surface area (Å²) in [5.74, 6) is 0. The Morgan fingerprint density at radius 2 is 2.14 bits per heavy atom. The number of rotatable bonds is 4. The van der Waals surface area contributed by atoms with Gasteiger partial charge in [-0.3, -0.25) is 0 Å². The van der Waals surface area contributed by atoms with E-state index in [2.05, 4.69) is 26.2 Å². The minimum Gasteiger partial charge on any atom is -0.375 e. The molecule has 2 heteroatoms. The van der Waals surface area contributed by atoms with Crippen molar-refractivity contribution in [1.29, 1.82) is 0 Å². The van der Waals surface area contributed by atoms with Gasteiger partial charge >= 0.3 is 0 Å². The van der Waals surface area contributed by atoms with Gasteiger partial charge < -0.3 is 10.1 Å². The van der Waals surface area contributed by atoms with E-state index in [0.717, 1.165) is 0 Å². The van der Waals surface area contributed by atoms with E-state index in [1.165, 1.54) is 32.1 Å². The molecule has 3 unspecified atom stereocenters. The SMILES string of the molecule is CNC(C)C1(CC2CCC(C)O2)CC1. The molecule has 3 atom stereocenters. The van der Waals surface area contributed by atoms with Crippen LogP contribution in [0.5, 0.6) is 0 Å².